The number of halogens is 3. The first-order chi connectivity index (χ1) is 17.9. The Labute approximate surface area is 213 Å². The van der Waals surface area contributed by atoms with Crippen molar-refractivity contribution < 1.29 is 18.0 Å². The molecule has 0 aliphatic heterocycles. The Kier molecular flexibility index (Phi) is 6.55. The maximum absolute atomic E-state index is 13.8. The molecule has 0 saturated carbocycles. The van der Waals surface area contributed by atoms with Crippen molar-refractivity contribution in [2.45, 2.75) is 33.0 Å². The van der Waals surface area contributed by atoms with E-state index in [-0.39, 0.29) is 28.2 Å². The van der Waals surface area contributed by atoms with E-state index in [1.54, 1.807) is 26.0 Å². The lowest BCUT2D eigenvalue weighted by molar-refractivity contribution is -0.137. The van der Waals surface area contributed by atoms with Crippen molar-refractivity contribution >= 4 is 5.91 Å². The van der Waals surface area contributed by atoms with Gasteiger partial charge in [0.15, 0.2) is 0 Å². The van der Waals surface area contributed by atoms with Gasteiger partial charge in [0, 0.05) is 11.7 Å². The van der Waals surface area contributed by atoms with Gasteiger partial charge in [-0.3, -0.25) is 18.7 Å². The Bertz CT molecular complexity index is 1720. The number of primary amides is 1. The van der Waals surface area contributed by atoms with Crippen molar-refractivity contribution in [3.63, 3.8) is 0 Å². The van der Waals surface area contributed by atoms with Crippen LogP contribution in [0, 0.1) is 18.3 Å². The van der Waals surface area contributed by atoms with Crippen LogP contribution in [0.15, 0.2) is 64.3 Å². The number of hydrogen-bond acceptors (Lipinski definition) is 5. The Hall–Kier alpha value is -4.92. The Morgan fingerprint density at radius 2 is 1.74 bits per heavy atom. The minimum atomic E-state index is -4.67. The van der Waals surface area contributed by atoms with Crippen LogP contribution in [0.3, 0.4) is 0 Å². The number of nitriles is 1. The predicted molar refractivity (Wildman–Crippen MR) is 132 cm³/mol. The summed E-state index contributed by atoms with van der Waals surface area (Å²) in [7, 11) is 0. The van der Waals surface area contributed by atoms with Gasteiger partial charge in [0.25, 0.3) is 11.5 Å². The molecule has 0 aliphatic rings. The van der Waals surface area contributed by atoms with E-state index in [9.17, 15) is 27.6 Å². The van der Waals surface area contributed by atoms with Crippen LogP contribution in [0.5, 0.6) is 0 Å². The molecule has 0 atom stereocenters. The lowest BCUT2D eigenvalue weighted by Crippen LogP contribution is -2.42. The number of benzene rings is 2. The Morgan fingerprint density at radius 1 is 1.08 bits per heavy atom. The molecular weight excluding hydrogens is 501 g/mol. The van der Waals surface area contributed by atoms with Crippen LogP contribution in [-0.4, -0.2) is 24.8 Å². The van der Waals surface area contributed by atoms with E-state index < -0.39 is 34.9 Å². The summed E-state index contributed by atoms with van der Waals surface area (Å²) in [5.74, 6) is -0.911. The normalized spacial score (nSPS) is 11.5. The number of aromatic nitrogens is 4. The predicted octanol–water partition coefficient (Wildman–Crippen LogP) is 3.73. The fraction of sp³-hybridized carbons (Fsp3) is 0.192. The van der Waals surface area contributed by atoms with Crippen LogP contribution in [0.25, 0.3) is 22.6 Å². The van der Waals surface area contributed by atoms with Crippen LogP contribution >= 0.6 is 0 Å². The van der Waals surface area contributed by atoms with Crippen LogP contribution in [0.4, 0.5) is 13.2 Å². The van der Waals surface area contributed by atoms with E-state index in [2.05, 4.69) is 5.10 Å². The number of carbonyl (C=O) groups is 1. The van der Waals surface area contributed by atoms with E-state index in [0.717, 1.165) is 33.5 Å². The molecule has 4 rings (SSSR count). The van der Waals surface area contributed by atoms with Crippen molar-refractivity contribution in [2.24, 2.45) is 5.73 Å². The third kappa shape index (κ3) is 4.39. The second-order valence-electron chi connectivity index (χ2n) is 8.74. The highest BCUT2D eigenvalue weighted by molar-refractivity contribution is 5.99. The lowest BCUT2D eigenvalue weighted by atomic mass is 10.1. The molecule has 38 heavy (non-hydrogen) atoms. The van der Waals surface area contributed by atoms with Gasteiger partial charge in [0.2, 0.25) is 0 Å². The quantitative estimate of drug-likeness (QED) is 0.427. The molecule has 4 aromatic rings. The standard InChI is InChI=1S/C26H21F3N6O3/c1-14(2)33-24(37)21(15(3)34(25(33)38)19-6-4-5-17(11-19)26(27,28)29)22-20(23(31)36)13-32-35(22)18-9-7-16(12-30)8-10-18/h4-11,13-14H,1-3H3,(H2,31,36). The van der Waals surface area contributed by atoms with Gasteiger partial charge in [-0.2, -0.15) is 23.5 Å². The minimum Gasteiger partial charge on any atom is -0.365 e. The number of hydrogen-bond donors (Lipinski definition) is 1. The summed E-state index contributed by atoms with van der Waals surface area (Å²) in [6.45, 7) is 4.54. The molecule has 2 N–H and O–H groups in total. The summed E-state index contributed by atoms with van der Waals surface area (Å²) in [6.07, 6.45) is -3.51. The highest BCUT2D eigenvalue weighted by Gasteiger charge is 2.32. The van der Waals surface area contributed by atoms with Crippen LogP contribution in [0.2, 0.25) is 0 Å². The lowest BCUT2D eigenvalue weighted by Gasteiger charge is -2.21. The van der Waals surface area contributed by atoms with Gasteiger partial charge in [-0.25, -0.2) is 9.48 Å². The zero-order valence-electron chi connectivity index (χ0n) is 20.4. The number of nitrogens with two attached hydrogens (primary N) is 1. The van der Waals surface area contributed by atoms with Gasteiger partial charge >= 0.3 is 11.9 Å². The summed E-state index contributed by atoms with van der Waals surface area (Å²) in [5, 5.41) is 13.3. The smallest absolute Gasteiger partial charge is 0.365 e. The molecule has 0 unspecified atom stereocenters. The molecule has 1 amide bonds. The molecule has 0 bridgehead atoms. The molecule has 0 fully saturated rings. The zero-order chi connectivity index (χ0) is 27.9. The maximum atomic E-state index is 13.8. The van der Waals surface area contributed by atoms with Gasteiger partial charge in [-0.15, -0.1) is 0 Å². The molecule has 2 aromatic heterocycles. The van der Waals surface area contributed by atoms with Crippen LogP contribution in [0.1, 0.15) is 47.1 Å². The molecular formula is C26H21F3N6O3. The first-order valence-corrected chi connectivity index (χ1v) is 11.3. The van der Waals surface area contributed by atoms with Gasteiger partial charge in [0.05, 0.1) is 51.6 Å². The molecule has 0 saturated heterocycles. The van der Waals surface area contributed by atoms with Crippen molar-refractivity contribution in [2.75, 3.05) is 0 Å². The van der Waals surface area contributed by atoms with Crippen molar-refractivity contribution in [1.29, 1.82) is 5.26 Å². The molecule has 194 valence electrons. The average Bonchev–Trinajstić information content (AvgIpc) is 3.28. The third-order valence-electron chi connectivity index (χ3n) is 5.99. The number of amides is 1. The van der Waals surface area contributed by atoms with E-state index in [1.807, 2.05) is 6.07 Å². The van der Waals surface area contributed by atoms with Gasteiger partial charge in [-0.05, 0) is 63.2 Å². The number of carbonyl (C=O) groups excluding carboxylic acids is 1. The molecule has 12 heteroatoms. The average molecular weight is 522 g/mol. The fourth-order valence-electron chi connectivity index (χ4n) is 4.22. The number of alkyl halides is 3. The summed E-state index contributed by atoms with van der Waals surface area (Å²) in [4.78, 5) is 39.6. The van der Waals surface area contributed by atoms with E-state index in [4.69, 9.17) is 11.0 Å². The first kappa shape index (κ1) is 26.2. The molecule has 0 spiro atoms. The summed E-state index contributed by atoms with van der Waals surface area (Å²) >= 11 is 0. The highest BCUT2D eigenvalue weighted by Crippen LogP contribution is 2.32. The molecule has 0 aliphatic carbocycles. The van der Waals surface area contributed by atoms with Crippen molar-refractivity contribution in [1.82, 2.24) is 18.9 Å². The van der Waals surface area contributed by atoms with Gasteiger partial charge in [0.1, 0.15) is 0 Å². The topological polar surface area (TPSA) is 129 Å². The summed E-state index contributed by atoms with van der Waals surface area (Å²) in [5.41, 5.74) is 3.25. The van der Waals surface area contributed by atoms with Gasteiger partial charge < -0.3 is 5.73 Å². The number of nitrogens with zero attached hydrogens (tertiary/aromatic N) is 5. The van der Waals surface area contributed by atoms with Gasteiger partial charge in [-0.1, -0.05) is 6.07 Å². The van der Waals surface area contributed by atoms with Crippen LogP contribution in [-0.2, 0) is 6.18 Å². The van der Waals surface area contributed by atoms with Crippen LogP contribution < -0.4 is 17.0 Å². The molecule has 2 heterocycles. The maximum Gasteiger partial charge on any atom is 0.416 e. The SMILES string of the molecule is Cc1c(-c2c(C(N)=O)cnn2-c2ccc(C#N)cc2)c(=O)n(C(C)C)c(=O)n1-c1cccc(C(F)(F)F)c1. The first-order valence-electron chi connectivity index (χ1n) is 11.3. The largest absolute Gasteiger partial charge is 0.416 e. The summed E-state index contributed by atoms with van der Waals surface area (Å²) < 4.78 is 43.6. The zero-order valence-corrected chi connectivity index (χ0v) is 20.4. The van der Waals surface area contributed by atoms with Crippen molar-refractivity contribution in [3.8, 4) is 28.7 Å². The minimum absolute atomic E-state index is 0.0193. The Balaban J connectivity index is 2.14. The van der Waals surface area contributed by atoms with Crippen molar-refractivity contribution in [3.05, 3.63) is 98.0 Å². The second-order valence-corrected chi connectivity index (χ2v) is 8.74. The molecule has 2 aromatic carbocycles. The number of rotatable bonds is 5. The third-order valence-corrected chi connectivity index (χ3v) is 5.99. The summed E-state index contributed by atoms with van der Waals surface area (Å²) in [6, 6.07) is 11.5. The van der Waals surface area contributed by atoms with E-state index in [1.165, 1.54) is 29.8 Å². The van der Waals surface area contributed by atoms with E-state index in [0.29, 0.717) is 11.3 Å². The second kappa shape index (κ2) is 9.51. The Morgan fingerprint density at radius 3 is 2.29 bits per heavy atom. The fourth-order valence-corrected chi connectivity index (χ4v) is 4.22. The molecule has 0 radical (unpaired) electrons. The highest BCUT2D eigenvalue weighted by atomic mass is 19.4. The molecule has 9 nitrogen and oxygen atoms in total. The van der Waals surface area contributed by atoms with E-state index >= 15 is 0 Å². The monoisotopic (exact) mass is 522 g/mol.